The number of aromatic nitrogens is 2. The summed E-state index contributed by atoms with van der Waals surface area (Å²) in [5, 5.41) is 4.02. The van der Waals surface area contributed by atoms with E-state index < -0.39 is 11.4 Å². The van der Waals surface area contributed by atoms with Crippen molar-refractivity contribution in [3.8, 4) is 22.6 Å². The van der Waals surface area contributed by atoms with Gasteiger partial charge in [0.15, 0.2) is 5.75 Å². The van der Waals surface area contributed by atoms with Crippen molar-refractivity contribution in [3.63, 3.8) is 0 Å². The Kier molecular flexibility index (Phi) is 7.68. The molecule has 238 valence electrons. The Bertz CT molecular complexity index is 2020. The lowest BCUT2D eigenvalue weighted by Crippen LogP contribution is -2.46. The third kappa shape index (κ3) is 5.47. The molecular weight excluding hydrogens is 583 g/mol. The average molecular weight is 623 g/mol. The summed E-state index contributed by atoms with van der Waals surface area (Å²) >= 11 is 0. The maximum absolute atomic E-state index is 15.3. The number of piperazine rings is 1. The molecule has 2 fully saturated rings. The first-order chi connectivity index (χ1) is 22.2. The van der Waals surface area contributed by atoms with E-state index in [1.165, 1.54) is 20.9 Å². The number of methoxy groups -OCH3 is 1. The number of hydrogen-bond acceptors (Lipinski definition) is 7. The minimum absolute atomic E-state index is 0.0580. The number of fused-ring (bicyclic) bond motifs is 1. The van der Waals surface area contributed by atoms with Crippen LogP contribution in [0, 0.1) is 5.82 Å². The fourth-order valence-electron chi connectivity index (χ4n) is 6.55. The molecule has 2 aromatic carbocycles. The fourth-order valence-corrected chi connectivity index (χ4v) is 6.55. The molecule has 0 bridgehead atoms. The van der Waals surface area contributed by atoms with Crippen molar-refractivity contribution in [2.24, 2.45) is 7.05 Å². The second kappa shape index (κ2) is 11.8. The molecule has 10 heteroatoms. The lowest BCUT2D eigenvalue weighted by Gasteiger charge is -2.38. The van der Waals surface area contributed by atoms with Crippen molar-refractivity contribution in [2.45, 2.75) is 18.8 Å². The zero-order valence-electron chi connectivity index (χ0n) is 26.7. The Morgan fingerprint density at radius 3 is 2.43 bits per heavy atom. The largest absolute Gasteiger partial charge is 0.494 e. The van der Waals surface area contributed by atoms with Crippen LogP contribution in [0.25, 0.3) is 27.6 Å². The molecule has 4 heterocycles. The molecular formula is C36H39FN6O3. The molecule has 3 aliphatic rings. The highest BCUT2D eigenvalue weighted by Crippen LogP contribution is 2.41. The van der Waals surface area contributed by atoms with Crippen LogP contribution in [0.3, 0.4) is 0 Å². The molecule has 1 N–H and O–H groups in total. The van der Waals surface area contributed by atoms with Crippen LogP contribution in [0.2, 0.25) is 0 Å². The van der Waals surface area contributed by atoms with Gasteiger partial charge in [0.1, 0.15) is 17.3 Å². The number of benzene rings is 2. The molecule has 0 unspecified atom stereocenters. The Morgan fingerprint density at radius 1 is 0.935 bits per heavy atom. The van der Waals surface area contributed by atoms with Crippen LogP contribution in [0.15, 0.2) is 88.1 Å². The van der Waals surface area contributed by atoms with Gasteiger partial charge in [-0.25, -0.2) is 4.39 Å². The van der Waals surface area contributed by atoms with Crippen LogP contribution in [0.1, 0.15) is 24.3 Å². The highest BCUT2D eigenvalue weighted by Gasteiger charge is 2.26. The minimum Gasteiger partial charge on any atom is -0.494 e. The molecule has 1 saturated heterocycles. The number of ether oxygens (including phenoxy) is 1. The summed E-state index contributed by atoms with van der Waals surface area (Å²) in [6, 6.07) is 12.5. The molecule has 46 heavy (non-hydrogen) atoms. The van der Waals surface area contributed by atoms with Gasteiger partial charge in [-0.3, -0.25) is 14.2 Å². The van der Waals surface area contributed by atoms with Gasteiger partial charge >= 0.3 is 0 Å². The van der Waals surface area contributed by atoms with Crippen LogP contribution in [0.4, 0.5) is 10.1 Å². The topological polar surface area (TPSA) is 75.0 Å². The number of rotatable bonds is 7. The Balaban J connectivity index is 1.24. The number of halogens is 1. The van der Waals surface area contributed by atoms with Gasteiger partial charge in [-0.1, -0.05) is 18.2 Å². The van der Waals surface area contributed by atoms with Crippen LogP contribution in [-0.2, 0) is 7.05 Å². The number of pyridine rings is 2. The molecule has 7 rings (SSSR count). The van der Waals surface area contributed by atoms with E-state index in [-0.39, 0.29) is 10.9 Å². The Labute approximate surface area is 267 Å². The first kappa shape index (κ1) is 29.9. The molecule has 4 aromatic rings. The smallest absolute Gasteiger partial charge is 0.274 e. The zero-order valence-corrected chi connectivity index (χ0v) is 26.7. The number of nitrogens with zero attached hydrogens (tertiary/aromatic N) is 5. The monoisotopic (exact) mass is 622 g/mol. The van der Waals surface area contributed by atoms with E-state index in [4.69, 9.17) is 4.74 Å². The number of likely N-dealkylation sites (N-methyl/N-ethyl adjacent to an activating group) is 2. The maximum Gasteiger partial charge on any atom is 0.274 e. The lowest BCUT2D eigenvalue weighted by atomic mass is 10.0. The summed E-state index contributed by atoms with van der Waals surface area (Å²) in [4.78, 5) is 33.9. The van der Waals surface area contributed by atoms with Crippen LogP contribution in [0.5, 0.6) is 5.75 Å². The molecule has 0 radical (unpaired) electrons. The van der Waals surface area contributed by atoms with E-state index in [9.17, 15) is 9.59 Å². The second-order valence-electron chi connectivity index (χ2n) is 12.6. The molecule has 2 aliphatic heterocycles. The number of anilines is 1. The van der Waals surface area contributed by atoms with Crippen LogP contribution in [-0.4, -0.2) is 77.8 Å². The van der Waals surface area contributed by atoms with Crippen molar-refractivity contribution < 1.29 is 9.13 Å². The molecule has 0 amide bonds. The van der Waals surface area contributed by atoms with Crippen molar-refractivity contribution in [3.05, 3.63) is 111 Å². The van der Waals surface area contributed by atoms with Gasteiger partial charge in [0, 0.05) is 69.5 Å². The van der Waals surface area contributed by atoms with Gasteiger partial charge in [-0.2, -0.15) is 0 Å². The Hall–Kier alpha value is -4.83. The van der Waals surface area contributed by atoms with Gasteiger partial charge in [0.2, 0.25) is 0 Å². The Morgan fingerprint density at radius 2 is 1.72 bits per heavy atom. The number of para-hydroxylation sites is 1. The normalized spacial score (nSPS) is 17.2. The summed E-state index contributed by atoms with van der Waals surface area (Å²) in [5.74, 6) is 1.14. The van der Waals surface area contributed by atoms with E-state index >= 15 is 4.39 Å². The van der Waals surface area contributed by atoms with E-state index in [2.05, 4.69) is 33.1 Å². The number of hydrogen-bond donors (Lipinski definition) is 1. The summed E-state index contributed by atoms with van der Waals surface area (Å²) in [6.45, 7) is 4.81. The summed E-state index contributed by atoms with van der Waals surface area (Å²) in [5.41, 5.74) is 3.90. The van der Waals surface area contributed by atoms with Gasteiger partial charge in [-0.15, -0.1) is 0 Å². The fraction of sp³-hybridized carbons (Fsp3) is 0.333. The SMILES string of the molecule is COc1c(-c2cc(NC3=CC=C(N4CCN(C)CC4)CN3C)c(=O)n(C)c2)cccc1-n1ccc2cc(C3CC3)cc(F)c2c1=O. The lowest BCUT2D eigenvalue weighted by molar-refractivity contribution is 0.176. The van der Waals surface area contributed by atoms with Crippen molar-refractivity contribution in [2.75, 3.05) is 59.2 Å². The predicted molar refractivity (Wildman–Crippen MR) is 180 cm³/mol. The quantitative estimate of drug-likeness (QED) is 0.320. The van der Waals surface area contributed by atoms with Gasteiger partial charge < -0.3 is 29.3 Å². The second-order valence-corrected chi connectivity index (χ2v) is 12.6. The molecule has 0 spiro atoms. The third-order valence-corrected chi connectivity index (χ3v) is 9.40. The molecule has 9 nitrogen and oxygen atoms in total. The maximum atomic E-state index is 15.3. The van der Waals surface area contributed by atoms with E-state index in [0.717, 1.165) is 62.5 Å². The van der Waals surface area contributed by atoms with Crippen molar-refractivity contribution >= 4 is 16.5 Å². The first-order valence-electron chi connectivity index (χ1n) is 15.8. The zero-order chi connectivity index (χ0) is 32.1. The van der Waals surface area contributed by atoms with Gasteiger partial charge in [0.05, 0.1) is 24.7 Å². The summed E-state index contributed by atoms with van der Waals surface area (Å²) < 4.78 is 24.2. The predicted octanol–water partition coefficient (Wildman–Crippen LogP) is 4.71. The first-order valence-corrected chi connectivity index (χ1v) is 15.8. The van der Waals surface area contributed by atoms with Crippen molar-refractivity contribution in [1.29, 1.82) is 0 Å². The van der Waals surface area contributed by atoms with Crippen molar-refractivity contribution in [1.82, 2.24) is 23.8 Å². The van der Waals surface area contributed by atoms with E-state index in [1.54, 1.807) is 44.8 Å². The van der Waals surface area contributed by atoms with E-state index in [0.29, 0.717) is 34.0 Å². The molecule has 1 aliphatic carbocycles. The summed E-state index contributed by atoms with van der Waals surface area (Å²) in [6.07, 6.45) is 9.68. The summed E-state index contributed by atoms with van der Waals surface area (Å²) in [7, 11) is 7.42. The highest BCUT2D eigenvalue weighted by atomic mass is 19.1. The van der Waals surface area contributed by atoms with Crippen LogP contribution >= 0.6 is 0 Å². The molecule has 0 atom stereocenters. The molecule has 2 aromatic heterocycles. The van der Waals surface area contributed by atoms with Gasteiger partial charge in [-0.05, 0) is 73.2 Å². The van der Waals surface area contributed by atoms with E-state index in [1.807, 2.05) is 31.3 Å². The minimum atomic E-state index is -0.505. The standard InChI is InChI=1S/C36H39FN6O3/c1-39-14-16-42(17-15-39)27-10-11-32(40(2)22-27)38-30-20-26(21-41(3)35(30)44)28-6-5-7-31(34(28)46-4)43-13-12-24-18-25(23-8-9-23)19-29(37)33(24)36(43)45/h5-7,10-13,18-21,23,38H,8-9,14-17,22H2,1-4H3. The number of nitrogens with one attached hydrogen (secondary N) is 1. The molecule has 1 saturated carbocycles. The van der Waals surface area contributed by atoms with Crippen LogP contribution < -0.4 is 21.2 Å². The third-order valence-electron chi connectivity index (χ3n) is 9.40. The number of allylic oxidation sites excluding steroid dienone is 2. The number of aryl methyl sites for hydroxylation is 1. The highest BCUT2D eigenvalue weighted by molar-refractivity contribution is 5.84. The average Bonchev–Trinajstić information content (AvgIpc) is 3.90. The van der Waals surface area contributed by atoms with Gasteiger partial charge in [0.25, 0.3) is 11.1 Å².